The Morgan fingerprint density at radius 3 is 2.41 bits per heavy atom. The van der Waals surface area contributed by atoms with Crippen LogP contribution in [0.1, 0.15) is 52.0 Å². The summed E-state index contributed by atoms with van der Waals surface area (Å²) in [6, 6.07) is 5.33. The minimum absolute atomic E-state index is 0.0238. The van der Waals surface area contributed by atoms with E-state index in [1.807, 2.05) is 22.9 Å². The summed E-state index contributed by atoms with van der Waals surface area (Å²) in [6.45, 7) is 1.99. The number of urea groups is 1. The monoisotopic (exact) mass is 371 g/mol. The Bertz CT molecular complexity index is 793. The van der Waals surface area contributed by atoms with Crippen molar-refractivity contribution in [2.45, 2.75) is 44.3 Å². The highest BCUT2D eigenvalue weighted by molar-refractivity contribution is 6.01. The fraction of sp³-hybridized carbons (Fsp3) is 0.550. The normalized spacial score (nSPS) is 25.2. The van der Waals surface area contributed by atoms with Gasteiger partial charge in [0, 0.05) is 32.2 Å². The molecule has 144 valence electrons. The predicted molar refractivity (Wildman–Crippen MR) is 98.4 cm³/mol. The molecule has 0 radical (unpaired) electrons. The standard InChI is InChI=1S/C20H25N3O4/c1-21-9-10-22(20(21)26)16-5-3-4-6-17(16)23-12-14-8-7-13(19(25)27-2)11-15(14)18(23)24/h7-8,11,16-17H,3-6,9-10,12H2,1-2H3/t16-,17-/m1/s1. The van der Waals surface area contributed by atoms with Crippen LogP contribution < -0.4 is 0 Å². The minimum atomic E-state index is -0.440. The lowest BCUT2D eigenvalue weighted by molar-refractivity contribution is 0.0481. The van der Waals surface area contributed by atoms with Crippen LogP contribution in [0.25, 0.3) is 0 Å². The lowest BCUT2D eigenvalue weighted by Gasteiger charge is -2.42. The van der Waals surface area contributed by atoms with E-state index in [1.54, 1.807) is 17.0 Å². The van der Waals surface area contributed by atoms with Crippen molar-refractivity contribution in [1.29, 1.82) is 0 Å². The Labute approximate surface area is 158 Å². The number of ether oxygens (including phenoxy) is 1. The number of amides is 3. The Morgan fingerprint density at radius 1 is 1.07 bits per heavy atom. The van der Waals surface area contributed by atoms with Gasteiger partial charge in [0.25, 0.3) is 5.91 Å². The molecule has 0 aromatic heterocycles. The average Bonchev–Trinajstić information content (AvgIpc) is 3.20. The fourth-order valence-corrected chi connectivity index (χ4v) is 4.63. The number of carbonyl (C=O) groups is 3. The number of hydrogen-bond acceptors (Lipinski definition) is 4. The summed E-state index contributed by atoms with van der Waals surface area (Å²) < 4.78 is 4.77. The van der Waals surface area contributed by atoms with Gasteiger partial charge in [-0.2, -0.15) is 0 Å². The zero-order valence-corrected chi connectivity index (χ0v) is 15.8. The summed E-state index contributed by atoms with van der Waals surface area (Å²) >= 11 is 0. The van der Waals surface area contributed by atoms with E-state index in [-0.39, 0.29) is 24.0 Å². The maximum Gasteiger partial charge on any atom is 0.337 e. The molecule has 2 heterocycles. The summed E-state index contributed by atoms with van der Waals surface area (Å²) in [5.41, 5.74) is 1.90. The van der Waals surface area contributed by atoms with Crippen molar-refractivity contribution in [3.05, 3.63) is 34.9 Å². The first-order valence-electron chi connectivity index (χ1n) is 9.55. The number of likely N-dealkylation sites (N-methyl/N-ethyl adjacent to an activating group) is 1. The van der Waals surface area contributed by atoms with E-state index in [2.05, 4.69) is 0 Å². The van der Waals surface area contributed by atoms with Gasteiger partial charge in [-0.1, -0.05) is 18.9 Å². The molecule has 27 heavy (non-hydrogen) atoms. The average molecular weight is 371 g/mol. The van der Waals surface area contributed by atoms with Crippen LogP contribution in [0.2, 0.25) is 0 Å². The van der Waals surface area contributed by atoms with Crippen molar-refractivity contribution in [3.63, 3.8) is 0 Å². The molecule has 1 saturated carbocycles. The second kappa shape index (κ2) is 6.87. The third-order valence-electron chi connectivity index (χ3n) is 6.11. The maximum atomic E-state index is 13.1. The molecule has 2 fully saturated rings. The van der Waals surface area contributed by atoms with Crippen molar-refractivity contribution in [2.24, 2.45) is 0 Å². The molecule has 0 bridgehead atoms. The molecule has 2 aliphatic heterocycles. The largest absolute Gasteiger partial charge is 0.465 e. The Hall–Kier alpha value is -2.57. The van der Waals surface area contributed by atoms with Gasteiger partial charge in [0.15, 0.2) is 0 Å². The van der Waals surface area contributed by atoms with E-state index >= 15 is 0 Å². The van der Waals surface area contributed by atoms with Crippen LogP contribution in [-0.4, -0.2) is 71.9 Å². The summed E-state index contributed by atoms with van der Waals surface area (Å²) in [5.74, 6) is -0.488. The summed E-state index contributed by atoms with van der Waals surface area (Å²) in [5, 5.41) is 0. The van der Waals surface area contributed by atoms with Gasteiger partial charge in [0.05, 0.1) is 24.8 Å². The number of fused-ring (bicyclic) bond motifs is 1. The Morgan fingerprint density at radius 2 is 1.78 bits per heavy atom. The van der Waals surface area contributed by atoms with Crippen LogP contribution >= 0.6 is 0 Å². The quantitative estimate of drug-likeness (QED) is 0.763. The van der Waals surface area contributed by atoms with Crippen molar-refractivity contribution in [2.75, 3.05) is 27.2 Å². The number of rotatable bonds is 3. The van der Waals surface area contributed by atoms with E-state index < -0.39 is 5.97 Å². The third kappa shape index (κ3) is 2.95. The first-order valence-corrected chi connectivity index (χ1v) is 9.55. The van der Waals surface area contributed by atoms with Gasteiger partial charge in [-0.25, -0.2) is 9.59 Å². The van der Waals surface area contributed by atoms with Crippen LogP contribution in [0.3, 0.4) is 0 Å². The van der Waals surface area contributed by atoms with E-state index in [4.69, 9.17) is 4.74 Å². The smallest absolute Gasteiger partial charge is 0.337 e. The van der Waals surface area contributed by atoms with Crippen molar-refractivity contribution < 1.29 is 19.1 Å². The van der Waals surface area contributed by atoms with E-state index in [0.29, 0.717) is 17.7 Å². The number of carbonyl (C=O) groups excluding carboxylic acids is 3. The molecule has 2 atom stereocenters. The van der Waals surface area contributed by atoms with E-state index in [1.165, 1.54) is 7.11 Å². The summed E-state index contributed by atoms with van der Waals surface area (Å²) in [4.78, 5) is 43.0. The van der Waals surface area contributed by atoms with Crippen LogP contribution in [-0.2, 0) is 11.3 Å². The molecular weight excluding hydrogens is 346 g/mol. The van der Waals surface area contributed by atoms with Crippen LogP contribution in [0.5, 0.6) is 0 Å². The van der Waals surface area contributed by atoms with E-state index in [0.717, 1.165) is 44.3 Å². The van der Waals surface area contributed by atoms with Crippen molar-refractivity contribution in [3.8, 4) is 0 Å². The number of hydrogen-bond donors (Lipinski definition) is 0. The molecule has 1 aromatic rings. The van der Waals surface area contributed by atoms with Crippen molar-refractivity contribution >= 4 is 17.9 Å². The minimum Gasteiger partial charge on any atom is -0.465 e. The first kappa shape index (κ1) is 17.8. The SMILES string of the molecule is COC(=O)c1ccc2c(c1)C(=O)N([C@@H]1CCCC[C@H]1N1CCN(C)C1=O)C2. The van der Waals surface area contributed by atoms with Gasteiger partial charge in [0.2, 0.25) is 0 Å². The number of benzene rings is 1. The van der Waals surface area contributed by atoms with Gasteiger partial charge in [-0.05, 0) is 30.5 Å². The first-order chi connectivity index (χ1) is 13.0. The fourth-order valence-electron chi connectivity index (χ4n) is 4.63. The highest BCUT2D eigenvalue weighted by atomic mass is 16.5. The molecule has 7 nitrogen and oxygen atoms in total. The maximum absolute atomic E-state index is 13.1. The van der Waals surface area contributed by atoms with Gasteiger partial charge >= 0.3 is 12.0 Å². The predicted octanol–water partition coefficient (Wildman–Crippen LogP) is 2.11. The molecule has 0 N–H and O–H groups in total. The lowest BCUT2D eigenvalue weighted by Crippen LogP contribution is -2.54. The van der Waals surface area contributed by atoms with Crippen LogP contribution in [0, 0.1) is 0 Å². The highest BCUT2D eigenvalue weighted by Gasteiger charge is 2.43. The van der Waals surface area contributed by atoms with E-state index in [9.17, 15) is 14.4 Å². The lowest BCUT2D eigenvalue weighted by atomic mass is 9.88. The molecule has 1 aromatic carbocycles. The van der Waals surface area contributed by atoms with Crippen LogP contribution in [0.15, 0.2) is 18.2 Å². The molecule has 7 heteroatoms. The molecule has 0 unspecified atom stereocenters. The Balaban J connectivity index is 1.59. The molecular formula is C20H25N3O4. The third-order valence-corrected chi connectivity index (χ3v) is 6.11. The molecule has 1 aliphatic carbocycles. The van der Waals surface area contributed by atoms with Gasteiger partial charge in [-0.3, -0.25) is 4.79 Å². The molecule has 0 spiro atoms. The van der Waals surface area contributed by atoms with Crippen LogP contribution in [0.4, 0.5) is 4.79 Å². The topological polar surface area (TPSA) is 70.2 Å². The molecule has 3 aliphatic rings. The number of nitrogens with zero attached hydrogens (tertiary/aromatic N) is 3. The number of esters is 1. The zero-order chi connectivity index (χ0) is 19.1. The second-order valence-corrected chi connectivity index (χ2v) is 7.61. The van der Waals surface area contributed by atoms with Gasteiger partial charge in [0.1, 0.15) is 0 Å². The zero-order valence-electron chi connectivity index (χ0n) is 15.8. The molecule has 4 rings (SSSR count). The molecule has 1 saturated heterocycles. The molecule has 3 amide bonds. The van der Waals surface area contributed by atoms with Crippen molar-refractivity contribution in [1.82, 2.24) is 14.7 Å². The Kier molecular flexibility index (Phi) is 4.53. The van der Waals surface area contributed by atoms with Gasteiger partial charge < -0.3 is 19.4 Å². The summed E-state index contributed by atoms with van der Waals surface area (Å²) in [7, 11) is 3.16. The second-order valence-electron chi connectivity index (χ2n) is 7.61. The van der Waals surface area contributed by atoms with Gasteiger partial charge in [-0.15, -0.1) is 0 Å². The highest BCUT2D eigenvalue weighted by Crippen LogP contribution is 2.34. The summed E-state index contributed by atoms with van der Waals surface area (Å²) in [6.07, 6.45) is 3.97. The number of methoxy groups -OCH3 is 1.